The van der Waals surface area contributed by atoms with Crippen LogP contribution in [0.2, 0.25) is 0 Å². The second-order valence-electron chi connectivity index (χ2n) is 7.34. The maximum atomic E-state index is 5.80. The van der Waals surface area contributed by atoms with Crippen LogP contribution in [-0.4, -0.2) is 66.8 Å². The second kappa shape index (κ2) is 7.62. The lowest BCUT2D eigenvalue weighted by Gasteiger charge is -2.34. The highest BCUT2D eigenvalue weighted by molar-refractivity contribution is 5.63. The van der Waals surface area contributed by atoms with Gasteiger partial charge in [0, 0.05) is 18.2 Å². The zero-order valence-corrected chi connectivity index (χ0v) is 17.8. The highest BCUT2D eigenvalue weighted by atomic mass is 16.7. The van der Waals surface area contributed by atoms with Gasteiger partial charge in [-0.25, -0.2) is 0 Å². The maximum absolute atomic E-state index is 5.80. The van der Waals surface area contributed by atoms with Crippen LogP contribution in [0.1, 0.15) is 23.0 Å². The molecule has 0 saturated carbocycles. The van der Waals surface area contributed by atoms with Crippen molar-refractivity contribution in [3.05, 3.63) is 41.2 Å². The van der Waals surface area contributed by atoms with Gasteiger partial charge in [0.1, 0.15) is 6.04 Å². The lowest BCUT2D eigenvalue weighted by atomic mass is 9.90. The summed E-state index contributed by atoms with van der Waals surface area (Å²) in [5.74, 6) is 3.87. The summed E-state index contributed by atoms with van der Waals surface area (Å²) in [5.41, 5.74) is 2.88. The summed E-state index contributed by atoms with van der Waals surface area (Å²) in [6.07, 6.45) is 0.854. The topological polar surface area (TPSA) is 93.0 Å². The molecule has 5 rings (SSSR count). The fraction of sp³-hybridized carbons (Fsp3) is 0.381. The Morgan fingerprint density at radius 1 is 1.03 bits per heavy atom. The third-order valence-corrected chi connectivity index (χ3v) is 5.75. The van der Waals surface area contributed by atoms with E-state index < -0.39 is 0 Å². The van der Waals surface area contributed by atoms with Crippen molar-refractivity contribution in [3.8, 4) is 34.4 Å². The zero-order valence-electron chi connectivity index (χ0n) is 17.8. The number of aromatic nitrogens is 4. The van der Waals surface area contributed by atoms with Gasteiger partial charge < -0.3 is 23.7 Å². The molecular formula is C21H23N5O5. The van der Waals surface area contributed by atoms with Gasteiger partial charge in [-0.15, -0.1) is 5.10 Å². The largest absolute Gasteiger partial charge is 0.493 e. The summed E-state index contributed by atoms with van der Waals surface area (Å²) >= 11 is 0. The summed E-state index contributed by atoms with van der Waals surface area (Å²) in [4.78, 5) is 2.20. The molecule has 3 heterocycles. The normalized spacial score (nSPS) is 17.4. The summed E-state index contributed by atoms with van der Waals surface area (Å²) in [6, 6.07) is 7.36. The van der Waals surface area contributed by atoms with Crippen LogP contribution in [0.15, 0.2) is 24.3 Å². The quantitative estimate of drug-likeness (QED) is 0.608. The molecule has 2 aliphatic rings. The first kappa shape index (κ1) is 19.4. The Morgan fingerprint density at radius 3 is 2.65 bits per heavy atom. The van der Waals surface area contributed by atoms with Gasteiger partial charge >= 0.3 is 0 Å². The van der Waals surface area contributed by atoms with Gasteiger partial charge in [0.25, 0.3) is 0 Å². The van der Waals surface area contributed by atoms with E-state index in [1.54, 1.807) is 26.0 Å². The first-order valence-electron chi connectivity index (χ1n) is 9.86. The molecule has 1 atom stereocenters. The Labute approximate surface area is 179 Å². The molecule has 1 aromatic heterocycles. The van der Waals surface area contributed by atoms with Crippen LogP contribution in [-0.2, 0) is 6.42 Å². The number of methoxy groups -OCH3 is 3. The van der Waals surface area contributed by atoms with Crippen LogP contribution in [0, 0.1) is 0 Å². The predicted octanol–water partition coefficient (Wildman–Crippen LogP) is 1.99. The highest BCUT2D eigenvalue weighted by Gasteiger charge is 2.37. The number of hydrogen-bond donors (Lipinski definition) is 0. The van der Waals surface area contributed by atoms with E-state index in [-0.39, 0.29) is 12.8 Å². The van der Waals surface area contributed by atoms with E-state index in [1.807, 2.05) is 31.3 Å². The lowest BCUT2D eigenvalue weighted by Crippen LogP contribution is -2.35. The minimum atomic E-state index is -0.240. The first-order valence-corrected chi connectivity index (χ1v) is 9.86. The SMILES string of the molecule is COc1ccc(-n2nnnc2[C@@H]2c3c(cc4c(c3OC)OCO4)CCN2C)cc1OC. The molecule has 0 N–H and O–H groups in total. The van der Waals surface area contributed by atoms with Gasteiger partial charge in [0.05, 0.1) is 27.0 Å². The molecule has 2 aliphatic heterocycles. The minimum absolute atomic E-state index is 0.179. The average molecular weight is 425 g/mol. The molecule has 31 heavy (non-hydrogen) atoms. The molecule has 0 saturated heterocycles. The fourth-order valence-corrected chi connectivity index (χ4v) is 4.26. The average Bonchev–Trinajstić information content (AvgIpc) is 3.46. The number of fused-ring (bicyclic) bond motifs is 2. The van der Waals surface area contributed by atoms with Crippen LogP contribution in [0.4, 0.5) is 0 Å². The van der Waals surface area contributed by atoms with Crippen LogP contribution in [0.5, 0.6) is 28.7 Å². The highest BCUT2D eigenvalue weighted by Crippen LogP contribution is 2.50. The standard InChI is InChI=1S/C21H23N5O5/c1-25-8-7-12-9-16-19(31-11-30-16)20(29-4)17(12)18(25)21-22-23-24-26(21)13-5-6-14(27-2)15(10-13)28-3/h5-6,9-10,18H,7-8,11H2,1-4H3/t18-/m0/s1. The smallest absolute Gasteiger partial charge is 0.231 e. The molecule has 0 aliphatic carbocycles. The van der Waals surface area contributed by atoms with Crippen molar-refractivity contribution in [3.63, 3.8) is 0 Å². The molecule has 10 nitrogen and oxygen atoms in total. The number of hydrogen-bond acceptors (Lipinski definition) is 9. The molecule has 0 bridgehead atoms. The van der Waals surface area contributed by atoms with E-state index in [0.717, 1.165) is 29.8 Å². The molecule has 0 spiro atoms. The van der Waals surface area contributed by atoms with Gasteiger partial charge in [0.2, 0.25) is 12.5 Å². The van der Waals surface area contributed by atoms with Gasteiger partial charge in [-0.1, -0.05) is 0 Å². The molecule has 3 aromatic rings. The Morgan fingerprint density at radius 2 is 1.87 bits per heavy atom. The molecule has 0 radical (unpaired) electrons. The van der Waals surface area contributed by atoms with Gasteiger partial charge in [-0.2, -0.15) is 4.68 Å². The van der Waals surface area contributed by atoms with E-state index in [1.165, 1.54) is 0 Å². The van der Waals surface area contributed by atoms with Crippen LogP contribution in [0.3, 0.4) is 0 Å². The van der Waals surface area contributed by atoms with Gasteiger partial charge in [-0.05, 0) is 47.7 Å². The summed E-state index contributed by atoms with van der Waals surface area (Å²) in [5, 5.41) is 12.6. The van der Waals surface area contributed by atoms with Crippen molar-refractivity contribution < 1.29 is 23.7 Å². The van der Waals surface area contributed by atoms with Crippen molar-refractivity contribution in [1.29, 1.82) is 0 Å². The monoisotopic (exact) mass is 425 g/mol. The van der Waals surface area contributed by atoms with E-state index >= 15 is 0 Å². The van der Waals surface area contributed by atoms with Crippen LogP contribution < -0.4 is 23.7 Å². The number of nitrogens with zero attached hydrogens (tertiary/aromatic N) is 5. The third kappa shape index (κ3) is 3.02. The summed E-state index contributed by atoms with van der Waals surface area (Å²) in [7, 11) is 6.89. The molecule has 0 amide bonds. The Bertz CT molecular complexity index is 1130. The molecule has 0 unspecified atom stereocenters. The number of ether oxygens (including phenoxy) is 5. The molecular weight excluding hydrogens is 402 g/mol. The minimum Gasteiger partial charge on any atom is -0.493 e. The van der Waals surface area contributed by atoms with E-state index in [4.69, 9.17) is 23.7 Å². The van der Waals surface area contributed by atoms with Gasteiger partial charge in [-0.3, -0.25) is 4.90 Å². The number of rotatable bonds is 5. The lowest BCUT2D eigenvalue weighted by molar-refractivity contribution is 0.170. The van der Waals surface area contributed by atoms with Crippen molar-refractivity contribution in [2.24, 2.45) is 0 Å². The van der Waals surface area contributed by atoms with E-state index in [0.29, 0.717) is 34.6 Å². The van der Waals surface area contributed by atoms with Crippen LogP contribution >= 0.6 is 0 Å². The fourth-order valence-electron chi connectivity index (χ4n) is 4.26. The van der Waals surface area contributed by atoms with Crippen molar-refractivity contribution in [2.45, 2.75) is 12.5 Å². The Hall–Kier alpha value is -3.53. The summed E-state index contributed by atoms with van der Waals surface area (Å²) in [6.45, 7) is 1.01. The Kier molecular flexibility index (Phi) is 4.78. The van der Waals surface area contributed by atoms with E-state index in [9.17, 15) is 0 Å². The number of benzene rings is 2. The van der Waals surface area contributed by atoms with Crippen molar-refractivity contribution in [1.82, 2.24) is 25.1 Å². The number of tetrazole rings is 1. The van der Waals surface area contributed by atoms with Crippen molar-refractivity contribution in [2.75, 3.05) is 41.7 Å². The molecule has 0 fully saturated rings. The van der Waals surface area contributed by atoms with E-state index in [2.05, 4.69) is 20.4 Å². The Balaban J connectivity index is 1.67. The first-order chi connectivity index (χ1) is 15.2. The summed E-state index contributed by atoms with van der Waals surface area (Å²) < 4.78 is 29.6. The maximum Gasteiger partial charge on any atom is 0.231 e. The van der Waals surface area contributed by atoms with Crippen LogP contribution in [0.25, 0.3) is 5.69 Å². The second-order valence-corrected chi connectivity index (χ2v) is 7.34. The predicted molar refractivity (Wildman–Crippen MR) is 110 cm³/mol. The molecule has 10 heteroatoms. The third-order valence-electron chi connectivity index (χ3n) is 5.75. The molecule has 2 aromatic carbocycles. The molecule has 162 valence electrons. The zero-order chi connectivity index (χ0) is 21.5. The van der Waals surface area contributed by atoms with Gasteiger partial charge in [0.15, 0.2) is 28.8 Å². The number of likely N-dealkylation sites (N-methyl/N-ethyl adjacent to an activating group) is 1. The van der Waals surface area contributed by atoms with Crippen molar-refractivity contribution >= 4 is 0 Å².